The first kappa shape index (κ1) is 10.1. The number of hydrogen-bond donors (Lipinski definition) is 2. The molecule has 0 atom stereocenters. The molecule has 0 aliphatic carbocycles. The first-order valence-electron chi connectivity index (χ1n) is 4.88. The number of hydrogen-bond acceptors (Lipinski definition) is 3. The molecular formula is C11H13NO3. The number of aliphatic hydroxyl groups is 1. The summed E-state index contributed by atoms with van der Waals surface area (Å²) in [6.45, 7) is 2.19. The molecule has 80 valence electrons. The molecule has 0 saturated carbocycles. The van der Waals surface area contributed by atoms with Crippen LogP contribution in [-0.2, 0) is 6.54 Å². The van der Waals surface area contributed by atoms with Crippen molar-refractivity contribution in [3.63, 3.8) is 0 Å². The molecule has 0 spiro atoms. The van der Waals surface area contributed by atoms with Crippen molar-refractivity contribution in [2.24, 2.45) is 0 Å². The van der Waals surface area contributed by atoms with Gasteiger partial charge >= 0.3 is 5.97 Å². The third-order valence-electron chi connectivity index (χ3n) is 2.54. The summed E-state index contributed by atoms with van der Waals surface area (Å²) >= 11 is 0. The summed E-state index contributed by atoms with van der Waals surface area (Å²) in [4.78, 5) is 12.7. The van der Waals surface area contributed by atoms with Gasteiger partial charge in [-0.1, -0.05) is 12.1 Å². The molecule has 0 amide bonds. The van der Waals surface area contributed by atoms with Crippen LogP contribution in [0.15, 0.2) is 24.3 Å². The van der Waals surface area contributed by atoms with Gasteiger partial charge in [0.15, 0.2) is 0 Å². The molecule has 15 heavy (non-hydrogen) atoms. The normalized spacial score (nSPS) is 17.4. The fraction of sp³-hybridized carbons (Fsp3) is 0.364. The molecule has 1 saturated heterocycles. The summed E-state index contributed by atoms with van der Waals surface area (Å²) in [7, 11) is 0. The lowest BCUT2D eigenvalue weighted by molar-refractivity contribution is -0.00286. The summed E-state index contributed by atoms with van der Waals surface area (Å²) in [5.74, 6) is -0.902. The van der Waals surface area contributed by atoms with Crippen LogP contribution in [0.1, 0.15) is 15.9 Å². The second kappa shape index (κ2) is 4.00. The fourth-order valence-electron chi connectivity index (χ4n) is 1.68. The second-order valence-electron chi connectivity index (χ2n) is 3.85. The average Bonchev–Trinajstić information content (AvgIpc) is 2.16. The lowest BCUT2D eigenvalue weighted by atomic mass is 10.1. The van der Waals surface area contributed by atoms with Gasteiger partial charge in [0.25, 0.3) is 0 Å². The Hall–Kier alpha value is -1.39. The van der Waals surface area contributed by atoms with Crippen molar-refractivity contribution >= 4 is 5.97 Å². The summed E-state index contributed by atoms with van der Waals surface area (Å²) in [5.41, 5.74) is 1.38. The van der Waals surface area contributed by atoms with Crippen molar-refractivity contribution in [2.75, 3.05) is 13.1 Å². The van der Waals surface area contributed by atoms with E-state index in [4.69, 9.17) is 10.2 Å². The van der Waals surface area contributed by atoms with Crippen LogP contribution in [0.2, 0.25) is 0 Å². The molecule has 2 rings (SSSR count). The zero-order chi connectivity index (χ0) is 10.8. The monoisotopic (exact) mass is 207 g/mol. The Morgan fingerprint density at radius 3 is 2.40 bits per heavy atom. The van der Waals surface area contributed by atoms with Crippen LogP contribution in [0.4, 0.5) is 0 Å². The van der Waals surface area contributed by atoms with Crippen molar-refractivity contribution < 1.29 is 15.0 Å². The third kappa shape index (κ3) is 2.34. The summed E-state index contributed by atoms with van der Waals surface area (Å²) in [6.07, 6.45) is -0.191. The maximum atomic E-state index is 10.6. The predicted molar refractivity (Wildman–Crippen MR) is 54.7 cm³/mol. The van der Waals surface area contributed by atoms with Gasteiger partial charge in [0, 0.05) is 19.6 Å². The molecule has 4 nitrogen and oxygen atoms in total. The highest BCUT2D eigenvalue weighted by Gasteiger charge is 2.23. The molecule has 4 heteroatoms. The van der Waals surface area contributed by atoms with Gasteiger partial charge in [-0.3, -0.25) is 4.90 Å². The van der Waals surface area contributed by atoms with Crippen LogP contribution in [0.5, 0.6) is 0 Å². The smallest absolute Gasteiger partial charge is 0.335 e. The number of aliphatic hydroxyl groups excluding tert-OH is 1. The molecule has 1 heterocycles. The average molecular weight is 207 g/mol. The van der Waals surface area contributed by atoms with Crippen molar-refractivity contribution in [1.82, 2.24) is 4.90 Å². The van der Waals surface area contributed by atoms with E-state index in [0.717, 1.165) is 12.1 Å². The summed E-state index contributed by atoms with van der Waals surface area (Å²) in [5, 5.41) is 17.8. The van der Waals surface area contributed by atoms with E-state index >= 15 is 0 Å². The van der Waals surface area contributed by atoms with Gasteiger partial charge in [0.2, 0.25) is 0 Å². The van der Waals surface area contributed by atoms with E-state index < -0.39 is 5.97 Å². The molecule has 0 bridgehead atoms. The van der Waals surface area contributed by atoms with Crippen molar-refractivity contribution in [2.45, 2.75) is 12.6 Å². The number of carboxylic acids is 1. The molecule has 1 aromatic carbocycles. The minimum atomic E-state index is -0.902. The predicted octanol–water partition coefficient (Wildman–Crippen LogP) is 0.561. The minimum Gasteiger partial charge on any atom is -0.478 e. The molecule has 0 aromatic heterocycles. The topological polar surface area (TPSA) is 60.8 Å². The molecule has 0 radical (unpaired) electrons. The molecular weight excluding hydrogens is 194 g/mol. The number of carboxylic acid groups (broad SMARTS) is 1. The van der Waals surface area contributed by atoms with Gasteiger partial charge in [-0.15, -0.1) is 0 Å². The van der Waals surface area contributed by atoms with Crippen LogP contribution in [0.3, 0.4) is 0 Å². The van der Waals surface area contributed by atoms with E-state index in [-0.39, 0.29) is 6.10 Å². The van der Waals surface area contributed by atoms with Crippen LogP contribution < -0.4 is 0 Å². The first-order chi connectivity index (χ1) is 7.15. The van der Waals surface area contributed by atoms with Crippen LogP contribution in [0.25, 0.3) is 0 Å². The minimum absolute atomic E-state index is 0.191. The number of likely N-dealkylation sites (tertiary alicyclic amines) is 1. The summed E-state index contributed by atoms with van der Waals surface area (Å²) < 4.78 is 0. The molecule has 2 N–H and O–H groups in total. The Balaban J connectivity index is 1.95. The summed E-state index contributed by atoms with van der Waals surface area (Å²) in [6, 6.07) is 6.84. The number of benzene rings is 1. The number of aromatic carboxylic acids is 1. The Morgan fingerprint density at radius 1 is 1.33 bits per heavy atom. The second-order valence-corrected chi connectivity index (χ2v) is 3.85. The third-order valence-corrected chi connectivity index (χ3v) is 2.54. The zero-order valence-corrected chi connectivity index (χ0v) is 8.26. The van der Waals surface area contributed by atoms with Gasteiger partial charge in [0.1, 0.15) is 0 Å². The lowest BCUT2D eigenvalue weighted by Crippen LogP contribution is -2.49. The van der Waals surface area contributed by atoms with E-state index in [1.54, 1.807) is 12.1 Å². The highest BCUT2D eigenvalue weighted by molar-refractivity contribution is 5.87. The highest BCUT2D eigenvalue weighted by atomic mass is 16.4. The number of nitrogens with zero attached hydrogens (tertiary/aromatic N) is 1. The Bertz CT molecular complexity index is 355. The highest BCUT2D eigenvalue weighted by Crippen LogP contribution is 2.13. The van der Waals surface area contributed by atoms with Crippen LogP contribution in [-0.4, -0.2) is 40.3 Å². The maximum absolute atomic E-state index is 10.6. The van der Waals surface area contributed by atoms with Gasteiger partial charge in [-0.25, -0.2) is 4.79 Å². The SMILES string of the molecule is O=C(O)c1ccc(CN2CC(O)C2)cc1. The molecule has 1 fully saturated rings. The number of carbonyl (C=O) groups is 1. The van der Waals surface area contributed by atoms with E-state index in [0.29, 0.717) is 18.7 Å². The molecule has 1 aliphatic heterocycles. The fourth-order valence-corrected chi connectivity index (χ4v) is 1.68. The van der Waals surface area contributed by atoms with Crippen LogP contribution >= 0.6 is 0 Å². The van der Waals surface area contributed by atoms with E-state index in [1.165, 1.54) is 0 Å². The maximum Gasteiger partial charge on any atom is 0.335 e. The van der Waals surface area contributed by atoms with Crippen molar-refractivity contribution in [3.05, 3.63) is 35.4 Å². The van der Waals surface area contributed by atoms with Gasteiger partial charge in [-0.2, -0.15) is 0 Å². The van der Waals surface area contributed by atoms with Gasteiger partial charge in [0.05, 0.1) is 11.7 Å². The lowest BCUT2D eigenvalue weighted by Gasteiger charge is -2.35. The van der Waals surface area contributed by atoms with Crippen LogP contribution in [0, 0.1) is 0 Å². The van der Waals surface area contributed by atoms with Crippen molar-refractivity contribution in [1.29, 1.82) is 0 Å². The van der Waals surface area contributed by atoms with E-state index in [9.17, 15) is 4.79 Å². The van der Waals surface area contributed by atoms with Crippen molar-refractivity contribution in [3.8, 4) is 0 Å². The van der Waals surface area contributed by atoms with Gasteiger partial charge < -0.3 is 10.2 Å². The number of β-amino-alcohol motifs (C(OH)–C–C–N with tert-alkyl or cyclic N) is 1. The Labute approximate surface area is 87.8 Å². The number of rotatable bonds is 3. The molecule has 1 aromatic rings. The standard InChI is InChI=1S/C11H13NO3/c13-10-6-12(7-10)5-8-1-3-9(4-2-8)11(14)15/h1-4,10,13H,5-7H2,(H,14,15). The van der Waals surface area contributed by atoms with E-state index in [1.807, 2.05) is 12.1 Å². The molecule has 1 aliphatic rings. The largest absolute Gasteiger partial charge is 0.478 e. The Morgan fingerprint density at radius 2 is 1.93 bits per heavy atom. The quantitative estimate of drug-likeness (QED) is 0.760. The van der Waals surface area contributed by atoms with Gasteiger partial charge in [-0.05, 0) is 17.7 Å². The first-order valence-corrected chi connectivity index (χ1v) is 4.88. The van der Waals surface area contributed by atoms with E-state index in [2.05, 4.69) is 4.90 Å². The Kier molecular flexibility index (Phi) is 2.70. The zero-order valence-electron chi connectivity index (χ0n) is 8.26. The molecule has 0 unspecified atom stereocenters.